The molecule has 2 N–H and O–H groups in total. The van der Waals surface area contributed by atoms with Crippen molar-refractivity contribution in [1.82, 2.24) is 20.6 Å². The monoisotopic (exact) mass is 374 g/mol. The quantitative estimate of drug-likeness (QED) is 0.594. The second-order valence-corrected chi connectivity index (χ2v) is 6.35. The summed E-state index contributed by atoms with van der Waals surface area (Å²) in [5, 5.41) is 5.69. The van der Waals surface area contributed by atoms with Crippen molar-refractivity contribution < 1.29 is 9.59 Å². The SMILES string of the molecule is O=C(NCCCc1ccccc1)c1cncc(C(=O)NCc2ccncc2)c1. The highest BCUT2D eigenvalue weighted by atomic mass is 16.2. The fourth-order valence-corrected chi connectivity index (χ4v) is 2.71. The summed E-state index contributed by atoms with van der Waals surface area (Å²) in [7, 11) is 0. The molecule has 2 heterocycles. The van der Waals surface area contributed by atoms with Gasteiger partial charge >= 0.3 is 0 Å². The number of hydrogen-bond donors (Lipinski definition) is 2. The number of nitrogens with one attached hydrogen (secondary N) is 2. The van der Waals surface area contributed by atoms with E-state index in [1.165, 1.54) is 18.0 Å². The van der Waals surface area contributed by atoms with Crippen molar-refractivity contribution in [3.8, 4) is 0 Å². The number of hydrogen-bond acceptors (Lipinski definition) is 4. The first-order chi connectivity index (χ1) is 13.7. The average molecular weight is 374 g/mol. The van der Waals surface area contributed by atoms with E-state index in [4.69, 9.17) is 0 Å². The summed E-state index contributed by atoms with van der Waals surface area (Å²) >= 11 is 0. The third kappa shape index (κ3) is 5.74. The molecule has 0 saturated carbocycles. The second kappa shape index (κ2) is 9.97. The highest BCUT2D eigenvalue weighted by molar-refractivity contribution is 5.99. The van der Waals surface area contributed by atoms with Crippen molar-refractivity contribution in [1.29, 1.82) is 0 Å². The number of carbonyl (C=O) groups excluding carboxylic acids is 2. The van der Waals surface area contributed by atoms with Gasteiger partial charge in [-0.3, -0.25) is 19.6 Å². The van der Waals surface area contributed by atoms with Gasteiger partial charge in [0.15, 0.2) is 0 Å². The van der Waals surface area contributed by atoms with E-state index in [0.29, 0.717) is 24.2 Å². The Balaban J connectivity index is 1.49. The molecule has 0 unspecified atom stereocenters. The molecule has 28 heavy (non-hydrogen) atoms. The number of benzene rings is 1. The van der Waals surface area contributed by atoms with Crippen molar-refractivity contribution in [2.24, 2.45) is 0 Å². The lowest BCUT2D eigenvalue weighted by Gasteiger charge is -2.08. The minimum atomic E-state index is -0.275. The predicted octanol–water partition coefficient (Wildman–Crippen LogP) is 2.77. The highest BCUT2D eigenvalue weighted by Gasteiger charge is 2.11. The van der Waals surface area contributed by atoms with Crippen LogP contribution in [0.15, 0.2) is 73.3 Å². The molecule has 0 spiro atoms. The number of aromatic nitrogens is 2. The molecule has 0 saturated heterocycles. The van der Waals surface area contributed by atoms with Crippen LogP contribution in [0.3, 0.4) is 0 Å². The molecule has 0 radical (unpaired) electrons. The number of amides is 2. The van der Waals surface area contributed by atoms with E-state index in [2.05, 4.69) is 32.7 Å². The third-order valence-corrected chi connectivity index (χ3v) is 4.24. The number of pyridine rings is 2. The van der Waals surface area contributed by atoms with Gasteiger partial charge in [0.25, 0.3) is 11.8 Å². The molecule has 0 atom stereocenters. The average Bonchev–Trinajstić information content (AvgIpc) is 2.76. The van der Waals surface area contributed by atoms with Gasteiger partial charge in [-0.1, -0.05) is 30.3 Å². The first-order valence-electron chi connectivity index (χ1n) is 9.16. The Labute approximate surface area is 164 Å². The normalized spacial score (nSPS) is 10.3. The van der Waals surface area contributed by atoms with Crippen molar-refractivity contribution in [2.45, 2.75) is 19.4 Å². The molecular weight excluding hydrogens is 352 g/mol. The topological polar surface area (TPSA) is 84.0 Å². The fourth-order valence-electron chi connectivity index (χ4n) is 2.71. The lowest BCUT2D eigenvalue weighted by Crippen LogP contribution is -2.26. The zero-order valence-electron chi connectivity index (χ0n) is 15.5. The van der Waals surface area contributed by atoms with Crippen LogP contribution < -0.4 is 10.6 Å². The van der Waals surface area contributed by atoms with Gasteiger partial charge in [0, 0.05) is 37.9 Å². The van der Waals surface area contributed by atoms with Crippen LogP contribution in [0.2, 0.25) is 0 Å². The molecule has 142 valence electrons. The highest BCUT2D eigenvalue weighted by Crippen LogP contribution is 2.05. The van der Waals surface area contributed by atoms with E-state index in [0.717, 1.165) is 18.4 Å². The standard InChI is InChI=1S/C22H22N4O2/c27-21(25-10-4-7-17-5-2-1-3-6-17)19-13-20(16-24-15-19)22(28)26-14-18-8-11-23-12-9-18/h1-3,5-6,8-9,11-13,15-16H,4,7,10,14H2,(H,25,27)(H,26,28). The van der Waals surface area contributed by atoms with Crippen LogP contribution in [0, 0.1) is 0 Å². The summed E-state index contributed by atoms with van der Waals surface area (Å²) in [6.07, 6.45) is 8.00. The van der Waals surface area contributed by atoms with Gasteiger partial charge in [-0.05, 0) is 42.2 Å². The maximum atomic E-state index is 12.3. The van der Waals surface area contributed by atoms with E-state index < -0.39 is 0 Å². The molecule has 2 amide bonds. The molecule has 2 aromatic heterocycles. The van der Waals surface area contributed by atoms with E-state index in [1.54, 1.807) is 18.5 Å². The minimum Gasteiger partial charge on any atom is -0.352 e. The number of rotatable bonds is 8. The number of nitrogens with zero attached hydrogens (tertiary/aromatic N) is 2. The first kappa shape index (κ1) is 19.2. The van der Waals surface area contributed by atoms with Crippen LogP contribution in [0.1, 0.15) is 38.3 Å². The molecule has 0 bridgehead atoms. The van der Waals surface area contributed by atoms with Crippen LogP contribution in [0.4, 0.5) is 0 Å². The van der Waals surface area contributed by atoms with Gasteiger partial charge in [0.1, 0.15) is 0 Å². The van der Waals surface area contributed by atoms with Gasteiger partial charge in [-0.25, -0.2) is 0 Å². The molecule has 0 fully saturated rings. The Morgan fingerprint density at radius 1 is 0.786 bits per heavy atom. The smallest absolute Gasteiger partial charge is 0.253 e. The van der Waals surface area contributed by atoms with Crippen LogP contribution >= 0.6 is 0 Å². The van der Waals surface area contributed by atoms with Crippen molar-refractivity contribution in [3.63, 3.8) is 0 Å². The Bertz CT molecular complexity index is 914. The Hall–Kier alpha value is -3.54. The summed E-state index contributed by atoms with van der Waals surface area (Å²) in [6.45, 7) is 0.948. The molecule has 3 rings (SSSR count). The van der Waals surface area contributed by atoms with Crippen molar-refractivity contribution >= 4 is 11.8 Å². The van der Waals surface area contributed by atoms with Crippen LogP contribution in [0.25, 0.3) is 0 Å². The summed E-state index contributed by atoms with van der Waals surface area (Å²) in [6, 6.07) is 15.4. The Kier molecular flexibility index (Phi) is 6.84. The van der Waals surface area contributed by atoms with Crippen LogP contribution in [0.5, 0.6) is 0 Å². The molecular formula is C22H22N4O2. The number of aryl methyl sites for hydroxylation is 1. The van der Waals surface area contributed by atoms with E-state index in [-0.39, 0.29) is 11.8 Å². The van der Waals surface area contributed by atoms with Crippen LogP contribution in [-0.2, 0) is 13.0 Å². The van der Waals surface area contributed by atoms with Gasteiger partial charge in [0.05, 0.1) is 11.1 Å². The Morgan fingerprint density at radius 2 is 1.46 bits per heavy atom. The zero-order chi connectivity index (χ0) is 19.6. The molecule has 3 aromatic rings. The number of carbonyl (C=O) groups is 2. The van der Waals surface area contributed by atoms with Crippen molar-refractivity contribution in [3.05, 3.63) is 95.6 Å². The zero-order valence-corrected chi connectivity index (χ0v) is 15.5. The molecule has 0 aliphatic heterocycles. The minimum absolute atomic E-state index is 0.232. The predicted molar refractivity (Wildman–Crippen MR) is 107 cm³/mol. The Morgan fingerprint density at radius 3 is 2.18 bits per heavy atom. The summed E-state index contributed by atoms with van der Waals surface area (Å²) in [5.74, 6) is -0.507. The largest absolute Gasteiger partial charge is 0.352 e. The van der Waals surface area contributed by atoms with E-state index in [1.807, 2.05) is 30.3 Å². The van der Waals surface area contributed by atoms with E-state index >= 15 is 0 Å². The fraction of sp³-hybridized carbons (Fsp3) is 0.182. The third-order valence-electron chi connectivity index (χ3n) is 4.24. The molecule has 1 aromatic carbocycles. The maximum absolute atomic E-state index is 12.3. The molecule has 0 aliphatic rings. The molecule has 0 aliphatic carbocycles. The maximum Gasteiger partial charge on any atom is 0.253 e. The second-order valence-electron chi connectivity index (χ2n) is 6.35. The van der Waals surface area contributed by atoms with Gasteiger partial charge in [0.2, 0.25) is 0 Å². The summed E-state index contributed by atoms with van der Waals surface area (Å²) in [5.41, 5.74) is 2.91. The van der Waals surface area contributed by atoms with Gasteiger partial charge in [-0.2, -0.15) is 0 Å². The summed E-state index contributed by atoms with van der Waals surface area (Å²) < 4.78 is 0. The van der Waals surface area contributed by atoms with E-state index in [9.17, 15) is 9.59 Å². The molecule has 6 nitrogen and oxygen atoms in total. The van der Waals surface area contributed by atoms with Crippen LogP contribution in [-0.4, -0.2) is 28.3 Å². The lowest BCUT2D eigenvalue weighted by atomic mass is 10.1. The first-order valence-corrected chi connectivity index (χ1v) is 9.16. The van der Waals surface area contributed by atoms with Gasteiger partial charge < -0.3 is 10.6 Å². The van der Waals surface area contributed by atoms with Gasteiger partial charge in [-0.15, -0.1) is 0 Å². The molecule has 6 heteroatoms. The lowest BCUT2D eigenvalue weighted by molar-refractivity contribution is 0.0950. The summed E-state index contributed by atoms with van der Waals surface area (Å²) in [4.78, 5) is 32.6. The van der Waals surface area contributed by atoms with Crippen molar-refractivity contribution in [2.75, 3.05) is 6.54 Å².